The zero-order valence-electron chi connectivity index (χ0n) is 10.7. The minimum absolute atomic E-state index is 0.211. The van der Waals surface area contributed by atoms with Crippen LogP contribution in [0.25, 0.3) is 0 Å². The average molecular weight is 337 g/mol. The summed E-state index contributed by atoms with van der Waals surface area (Å²) in [6, 6.07) is 0.725. The highest BCUT2D eigenvalue weighted by Crippen LogP contribution is 2.24. The maximum atomic E-state index is 10.5. The molecule has 0 aliphatic rings. The Morgan fingerprint density at radius 3 is 2.00 bits per heavy atom. The Labute approximate surface area is 118 Å². The van der Waals surface area contributed by atoms with E-state index in [0.717, 1.165) is 18.2 Å². The lowest BCUT2D eigenvalue weighted by molar-refractivity contribution is 0.123. The van der Waals surface area contributed by atoms with Crippen LogP contribution in [0.5, 0.6) is 0 Å². The summed E-state index contributed by atoms with van der Waals surface area (Å²) in [6.07, 6.45) is 0.866. The van der Waals surface area contributed by atoms with Gasteiger partial charge in [-0.2, -0.15) is 8.42 Å². The van der Waals surface area contributed by atoms with E-state index < -0.39 is 18.9 Å². The summed E-state index contributed by atoms with van der Waals surface area (Å²) < 4.78 is 45.3. The number of hydrogen-bond acceptors (Lipinski definition) is 7. The molecule has 0 fully saturated rings. The van der Waals surface area contributed by atoms with Crippen LogP contribution >= 0.6 is 21.6 Å². The first-order chi connectivity index (χ1) is 8.39. The molecule has 0 radical (unpaired) electrons. The van der Waals surface area contributed by atoms with Gasteiger partial charge in [-0.25, -0.2) is 0 Å². The van der Waals surface area contributed by atoms with Crippen molar-refractivity contribution < 1.29 is 26.2 Å². The summed E-state index contributed by atoms with van der Waals surface area (Å²) >= 11 is 0. The third-order valence-corrected chi connectivity index (χ3v) is 8.45. The van der Waals surface area contributed by atoms with Crippen molar-refractivity contribution in [1.29, 1.82) is 0 Å². The normalized spacial score (nSPS) is 12.9. The van der Waals surface area contributed by atoms with Gasteiger partial charge < -0.3 is 13.3 Å². The van der Waals surface area contributed by atoms with Crippen LogP contribution in [-0.4, -0.2) is 60.4 Å². The van der Waals surface area contributed by atoms with Crippen LogP contribution in [0.1, 0.15) is 6.42 Å². The van der Waals surface area contributed by atoms with Gasteiger partial charge in [0, 0.05) is 38.9 Å². The van der Waals surface area contributed by atoms with Gasteiger partial charge >= 0.3 is 8.80 Å². The topological polar surface area (TPSA) is 82.1 Å². The Morgan fingerprint density at radius 1 is 1.06 bits per heavy atom. The van der Waals surface area contributed by atoms with Crippen LogP contribution in [0.2, 0.25) is 6.04 Å². The molecule has 0 aliphatic heterocycles. The zero-order valence-corrected chi connectivity index (χ0v) is 14.2. The van der Waals surface area contributed by atoms with Crippen molar-refractivity contribution in [2.45, 2.75) is 12.5 Å². The van der Waals surface area contributed by atoms with Crippen LogP contribution in [0, 0.1) is 0 Å². The molecule has 0 bridgehead atoms. The minimum atomic E-state index is -3.84. The van der Waals surface area contributed by atoms with E-state index in [1.807, 2.05) is 0 Å². The molecule has 0 heterocycles. The van der Waals surface area contributed by atoms with Crippen molar-refractivity contribution in [1.82, 2.24) is 0 Å². The molecule has 0 rings (SSSR count). The predicted molar refractivity (Wildman–Crippen MR) is 77.5 cm³/mol. The van der Waals surface area contributed by atoms with E-state index in [1.54, 1.807) is 32.1 Å². The lowest BCUT2D eigenvalue weighted by atomic mass is 10.6. The first-order valence-electron chi connectivity index (χ1n) is 5.24. The van der Waals surface area contributed by atoms with E-state index in [1.165, 1.54) is 10.8 Å². The Hall–Kier alpha value is 0.707. The van der Waals surface area contributed by atoms with E-state index >= 15 is 0 Å². The molecule has 18 heavy (non-hydrogen) atoms. The van der Waals surface area contributed by atoms with Crippen LogP contribution in [-0.2, 0) is 23.4 Å². The van der Waals surface area contributed by atoms with Crippen LogP contribution in [0.4, 0.5) is 0 Å². The van der Waals surface area contributed by atoms with Gasteiger partial charge in [0.15, 0.2) is 0 Å². The fourth-order valence-electron chi connectivity index (χ4n) is 1.16. The summed E-state index contributed by atoms with van der Waals surface area (Å²) in [5.41, 5.74) is 0. The van der Waals surface area contributed by atoms with Crippen molar-refractivity contribution in [3.8, 4) is 0 Å². The fraction of sp³-hybridized carbons (Fsp3) is 1.00. The first-order valence-corrected chi connectivity index (χ1v) is 11.3. The van der Waals surface area contributed by atoms with Crippen molar-refractivity contribution in [2.24, 2.45) is 0 Å². The van der Waals surface area contributed by atoms with E-state index in [-0.39, 0.29) is 5.75 Å². The largest absolute Gasteiger partial charge is 0.500 e. The Kier molecular flexibility index (Phi) is 9.96. The molecule has 0 saturated heterocycles. The van der Waals surface area contributed by atoms with Crippen LogP contribution in [0.3, 0.4) is 0 Å². The fourth-order valence-corrected chi connectivity index (χ4v) is 6.42. The lowest BCUT2D eigenvalue weighted by Gasteiger charge is -2.23. The van der Waals surface area contributed by atoms with Crippen molar-refractivity contribution in [3.63, 3.8) is 0 Å². The maximum Gasteiger partial charge on any atom is 0.500 e. The summed E-state index contributed by atoms with van der Waals surface area (Å²) in [6.45, 7) is 0. The molecule has 0 aliphatic carbocycles. The van der Waals surface area contributed by atoms with Gasteiger partial charge in [0.1, 0.15) is 0 Å². The van der Waals surface area contributed by atoms with Gasteiger partial charge in [-0.05, 0) is 6.42 Å². The Morgan fingerprint density at radius 2 is 1.56 bits per heavy atom. The molecule has 0 aromatic heterocycles. The van der Waals surface area contributed by atoms with Gasteiger partial charge in [-0.1, -0.05) is 21.6 Å². The van der Waals surface area contributed by atoms with Gasteiger partial charge in [0.05, 0.1) is 5.75 Å². The quantitative estimate of drug-likeness (QED) is 0.263. The molecule has 0 atom stereocenters. The highest BCUT2D eigenvalue weighted by atomic mass is 33.1. The average Bonchev–Trinajstić information content (AvgIpc) is 2.32. The van der Waals surface area contributed by atoms with Crippen LogP contribution < -0.4 is 0 Å². The molecule has 0 aromatic carbocycles. The molecule has 0 saturated carbocycles. The molecule has 1 N–H and O–H groups in total. The van der Waals surface area contributed by atoms with Crippen molar-refractivity contribution in [2.75, 3.05) is 38.6 Å². The van der Waals surface area contributed by atoms with Crippen molar-refractivity contribution in [3.05, 3.63) is 0 Å². The monoisotopic (exact) mass is 336 g/mol. The molecule has 110 valence electrons. The number of hydrogen-bond donors (Lipinski definition) is 1. The van der Waals surface area contributed by atoms with E-state index in [2.05, 4.69) is 0 Å². The van der Waals surface area contributed by atoms with Gasteiger partial charge in [0.2, 0.25) is 0 Å². The van der Waals surface area contributed by atoms with Crippen molar-refractivity contribution >= 4 is 40.5 Å². The van der Waals surface area contributed by atoms with Gasteiger partial charge in [-0.3, -0.25) is 4.55 Å². The summed E-state index contributed by atoms with van der Waals surface area (Å²) in [5, 5.41) is 0. The Bertz CT molecular complexity index is 298. The van der Waals surface area contributed by atoms with Gasteiger partial charge in [0.25, 0.3) is 10.1 Å². The third kappa shape index (κ3) is 8.75. The van der Waals surface area contributed by atoms with E-state index in [0.29, 0.717) is 5.75 Å². The number of rotatable bonds is 11. The molecule has 10 heteroatoms. The highest BCUT2D eigenvalue weighted by molar-refractivity contribution is 8.76. The highest BCUT2D eigenvalue weighted by Gasteiger charge is 2.36. The predicted octanol–water partition coefficient (Wildman–Crippen LogP) is 1.52. The lowest BCUT2D eigenvalue weighted by Crippen LogP contribution is -2.42. The SMILES string of the molecule is CO[Si](CCCSSCCS(=O)(=O)O)(OC)OC. The summed E-state index contributed by atoms with van der Waals surface area (Å²) in [5.74, 6) is 1.02. The molecule has 6 nitrogen and oxygen atoms in total. The zero-order chi connectivity index (χ0) is 14.1. The van der Waals surface area contributed by atoms with E-state index in [9.17, 15) is 8.42 Å². The molecule has 0 aromatic rings. The molecule has 0 spiro atoms. The van der Waals surface area contributed by atoms with Crippen LogP contribution in [0.15, 0.2) is 0 Å². The molecular weight excluding hydrogens is 316 g/mol. The summed E-state index contributed by atoms with van der Waals surface area (Å²) in [7, 11) is 1.40. The molecular formula is C8H20O6S3Si. The molecule has 0 unspecified atom stereocenters. The minimum Gasteiger partial charge on any atom is -0.377 e. The maximum absolute atomic E-state index is 10.5. The second-order valence-corrected chi connectivity index (χ2v) is 10.7. The Balaban J connectivity index is 3.62. The standard InChI is InChI=1S/C8H20O6S3Si/c1-12-18(13-2,14-3)8-4-5-15-16-6-7-17(9,10)11/h4-8H2,1-3H3,(H,9,10,11). The second kappa shape index (κ2) is 9.59. The molecule has 0 amide bonds. The second-order valence-electron chi connectivity index (χ2n) is 3.33. The smallest absolute Gasteiger partial charge is 0.377 e. The van der Waals surface area contributed by atoms with Gasteiger partial charge in [-0.15, -0.1) is 0 Å². The first kappa shape index (κ1) is 18.7. The summed E-state index contributed by atoms with van der Waals surface area (Å²) in [4.78, 5) is 0. The van der Waals surface area contributed by atoms with E-state index in [4.69, 9.17) is 17.8 Å². The third-order valence-electron chi connectivity index (χ3n) is 2.15.